The number of hydrogen-bond acceptors (Lipinski definition) is 4. The third-order valence-corrected chi connectivity index (χ3v) is 4.43. The number of ether oxygens (including phenoxy) is 3. The fourth-order valence-corrected chi connectivity index (χ4v) is 3.16. The molecule has 1 aromatic rings. The van der Waals surface area contributed by atoms with Gasteiger partial charge in [0.1, 0.15) is 0 Å². The number of nitrogens with zero attached hydrogens (tertiary/aromatic N) is 2. The summed E-state index contributed by atoms with van der Waals surface area (Å²) in [5, 5.41) is 3.45. The van der Waals surface area contributed by atoms with Crippen molar-refractivity contribution in [1.82, 2.24) is 10.2 Å². The Balaban J connectivity index is 1.85. The van der Waals surface area contributed by atoms with Gasteiger partial charge in [-0.05, 0) is 44.4 Å². The van der Waals surface area contributed by atoms with E-state index in [1.54, 1.807) is 0 Å². The predicted octanol–water partition coefficient (Wildman–Crippen LogP) is 2.57. The van der Waals surface area contributed by atoms with Crippen LogP contribution in [0.25, 0.3) is 0 Å². The van der Waals surface area contributed by atoms with Gasteiger partial charge in [0.2, 0.25) is 0 Å². The van der Waals surface area contributed by atoms with Gasteiger partial charge in [-0.3, -0.25) is 4.99 Å². The molecule has 6 nitrogen and oxygen atoms in total. The number of hydrogen-bond donors (Lipinski definition) is 1. The number of nitrogens with one attached hydrogen (secondary N) is 1. The third-order valence-electron chi connectivity index (χ3n) is 4.43. The van der Waals surface area contributed by atoms with E-state index >= 15 is 0 Å². The van der Waals surface area contributed by atoms with Gasteiger partial charge in [-0.2, -0.15) is 0 Å². The van der Waals surface area contributed by atoms with Crippen molar-refractivity contribution in [2.75, 3.05) is 53.6 Å². The molecule has 0 bridgehead atoms. The molecule has 1 fully saturated rings. The molecular weight excluding hydrogens is 330 g/mol. The van der Waals surface area contributed by atoms with Crippen LogP contribution in [0, 0.1) is 5.92 Å². The van der Waals surface area contributed by atoms with Gasteiger partial charge in [0.25, 0.3) is 0 Å². The van der Waals surface area contributed by atoms with E-state index in [9.17, 15) is 0 Å². The van der Waals surface area contributed by atoms with Gasteiger partial charge in [0.15, 0.2) is 17.5 Å². The average Bonchev–Trinajstić information content (AvgIpc) is 3.14. The second-order valence-corrected chi connectivity index (χ2v) is 6.48. The van der Waals surface area contributed by atoms with Crippen LogP contribution in [0.4, 0.5) is 0 Å². The van der Waals surface area contributed by atoms with Crippen LogP contribution in [0.15, 0.2) is 23.2 Å². The molecule has 1 aromatic carbocycles. The van der Waals surface area contributed by atoms with Gasteiger partial charge < -0.3 is 24.4 Å². The van der Waals surface area contributed by atoms with Crippen molar-refractivity contribution in [3.05, 3.63) is 23.8 Å². The topological polar surface area (TPSA) is 55.3 Å². The normalized spacial score (nSPS) is 17.2. The first kappa shape index (κ1) is 20.4. The summed E-state index contributed by atoms with van der Waals surface area (Å²) in [7, 11) is 3.91. The second kappa shape index (κ2) is 10.9. The quantitative estimate of drug-likeness (QED) is 0.540. The predicted molar refractivity (Wildman–Crippen MR) is 105 cm³/mol. The first-order valence-electron chi connectivity index (χ1n) is 9.55. The van der Waals surface area contributed by atoms with Crippen LogP contribution in [-0.4, -0.2) is 64.5 Å². The molecule has 0 radical (unpaired) electrons. The van der Waals surface area contributed by atoms with Crippen LogP contribution in [0.2, 0.25) is 0 Å². The largest absolute Gasteiger partial charge is 0.490 e. The van der Waals surface area contributed by atoms with E-state index in [1.807, 2.05) is 27.0 Å². The molecule has 1 heterocycles. The summed E-state index contributed by atoms with van der Waals surface area (Å²) in [6.07, 6.45) is 2.03. The maximum Gasteiger partial charge on any atom is 0.193 e. The molecule has 6 heteroatoms. The minimum absolute atomic E-state index is 0.596. The Morgan fingerprint density at radius 2 is 2.04 bits per heavy atom. The fraction of sp³-hybridized carbons (Fsp3) is 0.650. The Labute approximate surface area is 157 Å². The van der Waals surface area contributed by atoms with Crippen LogP contribution in [0.5, 0.6) is 11.5 Å². The number of guanidine groups is 1. The summed E-state index contributed by atoms with van der Waals surface area (Å²) in [5.41, 5.74) is 1.21. The molecule has 0 aliphatic carbocycles. The van der Waals surface area contributed by atoms with Gasteiger partial charge in [-0.15, -0.1) is 0 Å². The van der Waals surface area contributed by atoms with Crippen molar-refractivity contribution in [2.45, 2.75) is 26.7 Å². The molecule has 1 aliphatic heterocycles. The molecule has 2 rings (SSSR count). The zero-order chi connectivity index (χ0) is 18.8. The number of benzene rings is 1. The van der Waals surface area contributed by atoms with Crippen molar-refractivity contribution in [2.24, 2.45) is 10.9 Å². The SMILES string of the molecule is CCOc1ccc(CCNC(=NC)N(C)CC2CCOC2)cc1OCC. The Bertz CT molecular complexity index is 571. The highest BCUT2D eigenvalue weighted by Crippen LogP contribution is 2.28. The van der Waals surface area contributed by atoms with Crippen molar-refractivity contribution in [3.63, 3.8) is 0 Å². The van der Waals surface area contributed by atoms with Crippen LogP contribution in [0.3, 0.4) is 0 Å². The van der Waals surface area contributed by atoms with Crippen LogP contribution < -0.4 is 14.8 Å². The Kier molecular flexibility index (Phi) is 8.54. The summed E-state index contributed by atoms with van der Waals surface area (Å²) in [6.45, 7) is 8.75. The van der Waals surface area contributed by atoms with E-state index in [0.717, 1.165) is 56.6 Å². The van der Waals surface area contributed by atoms with Gasteiger partial charge in [0.05, 0.1) is 19.8 Å². The average molecular weight is 364 g/mol. The zero-order valence-corrected chi connectivity index (χ0v) is 16.6. The molecule has 0 spiro atoms. The van der Waals surface area contributed by atoms with E-state index in [2.05, 4.69) is 34.4 Å². The molecule has 0 saturated carbocycles. The van der Waals surface area contributed by atoms with Crippen molar-refractivity contribution in [3.8, 4) is 11.5 Å². The third kappa shape index (κ3) is 6.09. The molecule has 1 saturated heterocycles. The van der Waals surface area contributed by atoms with E-state index in [1.165, 1.54) is 5.56 Å². The Hall–Kier alpha value is -1.95. The molecular formula is C20H33N3O3. The first-order chi connectivity index (χ1) is 12.7. The molecule has 1 atom stereocenters. The smallest absolute Gasteiger partial charge is 0.193 e. The van der Waals surface area contributed by atoms with Gasteiger partial charge in [-0.1, -0.05) is 6.07 Å². The highest BCUT2D eigenvalue weighted by molar-refractivity contribution is 5.79. The summed E-state index contributed by atoms with van der Waals surface area (Å²) in [6, 6.07) is 6.15. The first-order valence-corrected chi connectivity index (χ1v) is 9.55. The minimum atomic E-state index is 0.596. The second-order valence-electron chi connectivity index (χ2n) is 6.48. The lowest BCUT2D eigenvalue weighted by molar-refractivity contribution is 0.181. The van der Waals surface area contributed by atoms with Gasteiger partial charge in [0, 0.05) is 39.7 Å². The highest BCUT2D eigenvalue weighted by atomic mass is 16.5. The molecule has 1 unspecified atom stereocenters. The lowest BCUT2D eigenvalue weighted by Crippen LogP contribution is -2.42. The maximum atomic E-state index is 5.70. The number of aliphatic imine (C=N–C) groups is 1. The number of rotatable bonds is 9. The van der Waals surface area contributed by atoms with Crippen molar-refractivity contribution >= 4 is 5.96 Å². The van der Waals surface area contributed by atoms with E-state index in [4.69, 9.17) is 14.2 Å². The van der Waals surface area contributed by atoms with Crippen molar-refractivity contribution in [1.29, 1.82) is 0 Å². The zero-order valence-electron chi connectivity index (χ0n) is 16.6. The van der Waals surface area contributed by atoms with E-state index in [-0.39, 0.29) is 0 Å². The molecule has 146 valence electrons. The van der Waals surface area contributed by atoms with Gasteiger partial charge >= 0.3 is 0 Å². The van der Waals surface area contributed by atoms with E-state index in [0.29, 0.717) is 19.1 Å². The standard InChI is InChI=1S/C20H33N3O3/c1-5-25-18-8-7-16(13-19(18)26-6-2)9-11-22-20(21-3)23(4)14-17-10-12-24-15-17/h7-8,13,17H,5-6,9-12,14-15H2,1-4H3,(H,21,22). The monoisotopic (exact) mass is 363 g/mol. The summed E-state index contributed by atoms with van der Waals surface area (Å²) >= 11 is 0. The highest BCUT2D eigenvalue weighted by Gasteiger charge is 2.19. The van der Waals surface area contributed by atoms with Gasteiger partial charge in [-0.25, -0.2) is 0 Å². The van der Waals surface area contributed by atoms with Crippen LogP contribution in [0.1, 0.15) is 25.8 Å². The molecule has 1 aliphatic rings. The summed E-state index contributed by atoms with van der Waals surface area (Å²) < 4.78 is 16.8. The Morgan fingerprint density at radius 3 is 2.69 bits per heavy atom. The lowest BCUT2D eigenvalue weighted by atomic mass is 10.1. The summed E-state index contributed by atoms with van der Waals surface area (Å²) in [5.74, 6) is 3.14. The molecule has 0 amide bonds. The van der Waals surface area contributed by atoms with Crippen LogP contribution >= 0.6 is 0 Å². The lowest BCUT2D eigenvalue weighted by Gasteiger charge is -2.24. The van der Waals surface area contributed by atoms with E-state index < -0.39 is 0 Å². The Morgan fingerprint density at radius 1 is 1.27 bits per heavy atom. The molecule has 26 heavy (non-hydrogen) atoms. The molecule has 0 aromatic heterocycles. The van der Waals surface area contributed by atoms with Crippen LogP contribution in [-0.2, 0) is 11.2 Å². The minimum Gasteiger partial charge on any atom is -0.490 e. The fourth-order valence-electron chi connectivity index (χ4n) is 3.16. The maximum absolute atomic E-state index is 5.70. The van der Waals surface area contributed by atoms with Crippen molar-refractivity contribution < 1.29 is 14.2 Å². The summed E-state index contributed by atoms with van der Waals surface area (Å²) in [4.78, 5) is 6.58. The molecule has 1 N–H and O–H groups in total.